The van der Waals surface area contributed by atoms with Crippen LogP contribution in [0.2, 0.25) is 5.02 Å². The van der Waals surface area contributed by atoms with E-state index in [0.29, 0.717) is 10.6 Å². The fourth-order valence-corrected chi connectivity index (χ4v) is 3.75. The number of allylic oxidation sites excluding steroid dienone is 1. The number of nitrogens with one attached hydrogen (secondary N) is 2. The highest BCUT2D eigenvalue weighted by Crippen LogP contribution is 2.38. The molecule has 0 bridgehead atoms. The van der Waals surface area contributed by atoms with Gasteiger partial charge in [0.15, 0.2) is 0 Å². The first-order chi connectivity index (χ1) is 14.1. The quantitative estimate of drug-likeness (QED) is 0.451. The lowest BCUT2D eigenvalue weighted by molar-refractivity contribution is 1.12. The van der Waals surface area contributed by atoms with Crippen molar-refractivity contribution in [3.05, 3.63) is 83.2 Å². The molecule has 0 saturated heterocycles. The zero-order valence-corrected chi connectivity index (χ0v) is 16.0. The number of halogens is 1. The second kappa shape index (κ2) is 6.62. The van der Waals surface area contributed by atoms with E-state index in [1.807, 2.05) is 42.5 Å². The van der Waals surface area contributed by atoms with Crippen molar-refractivity contribution < 1.29 is 0 Å². The maximum absolute atomic E-state index is 9.32. The summed E-state index contributed by atoms with van der Waals surface area (Å²) in [6.45, 7) is 3.95. The number of aromatic nitrogens is 3. The Morgan fingerprint density at radius 2 is 1.97 bits per heavy atom. The summed E-state index contributed by atoms with van der Waals surface area (Å²) in [5.74, 6) is 0.731. The molecule has 4 aromatic rings. The summed E-state index contributed by atoms with van der Waals surface area (Å²) in [7, 11) is 0. The van der Waals surface area contributed by atoms with Crippen molar-refractivity contribution in [1.82, 2.24) is 15.2 Å². The van der Waals surface area contributed by atoms with Gasteiger partial charge in [-0.3, -0.25) is 5.10 Å². The number of nitriles is 1. The van der Waals surface area contributed by atoms with Crippen LogP contribution >= 0.6 is 11.6 Å². The summed E-state index contributed by atoms with van der Waals surface area (Å²) in [5, 5.41) is 21.1. The van der Waals surface area contributed by atoms with Crippen LogP contribution in [0.3, 0.4) is 0 Å². The minimum Gasteiger partial charge on any atom is -0.340 e. The number of fused-ring (bicyclic) bond motifs is 2. The summed E-state index contributed by atoms with van der Waals surface area (Å²) in [4.78, 5) is 4.88. The predicted octanol–water partition coefficient (Wildman–Crippen LogP) is 5.77. The number of benzene rings is 2. The molecule has 0 amide bonds. The smallest absolute Gasteiger partial charge is 0.138 e. The molecule has 0 unspecified atom stereocenters. The number of pyridine rings is 1. The average molecular weight is 396 g/mol. The van der Waals surface area contributed by atoms with Gasteiger partial charge in [-0.25, -0.2) is 4.98 Å². The molecule has 5 nitrogen and oxygen atoms in total. The standard InChI is InChI=1S/C23H14ClN5/c1-13-5-6-16-9-19(17-8-18-12-26-29-22(18)20(24)10-17)21(28-23(16)27-13)15-4-2-3-14(7-15)11-25/h2-10,12H,1H2,(H,26,29)(H,27,28). The molecule has 3 heterocycles. The minimum atomic E-state index is 0.577. The van der Waals surface area contributed by atoms with Gasteiger partial charge in [0.05, 0.1) is 34.1 Å². The number of hydrogen-bond acceptors (Lipinski definition) is 4. The maximum Gasteiger partial charge on any atom is 0.138 e. The van der Waals surface area contributed by atoms with Crippen LogP contribution in [0.1, 0.15) is 11.1 Å². The Hall–Kier alpha value is -3.88. The number of hydrogen-bond donors (Lipinski definition) is 2. The zero-order chi connectivity index (χ0) is 20.0. The van der Waals surface area contributed by atoms with Crippen LogP contribution in [0.25, 0.3) is 39.4 Å². The van der Waals surface area contributed by atoms with Crippen LogP contribution < -0.4 is 5.32 Å². The van der Waals surface area contributed by atoms with E-state index in [0.717, 1.165) is 50.4 Å². The third kappa shape index (κ3) is 2.96. The molecule has 2 aromatic heterocycles. The molecule has 1 aliphatic rings. The molecule has 2 aromatic carbocycles. The molecular formula is C23H14ClN5. The molecule has 0 saturated carbocycles. The van der Waals surface area contributed by atoms with Gasteiger partial charge in [-0.2, -0.15) is 10.4 Å². The number of aromatic amines is 1. The highest BCUT2D eigenvalue weighted by Gasteiger charge is 2.18. The Morgan fingerprint density at radius 1 is 1.07 bits per heavy atom. The van der Waals surface area contributed by atoms with Gasteiger partial charge in [0, 0.05) is 27.8 Å². The third-order valence-electron chi connectivity index (χ3n) is 4.87. The summed E-state index contributed by atoms with van der Waals surface area (Å²) in [6.07, 6.45) is 5.64. The number of nitrogens with zero attached hydrogens (tertiary/aromatic N) is 3. The Labute approximate surface area is 172 Å². The fourth-order valence-electron chi connectivity index (χ4n) is 3.49. The lowest BCUT2D eigenvalue weighted by Gasteiger charge is -2.19. The van der Waals surface area contributed by atoms with E-state index in [1.54, 1.807) is 12.3 Å². The Kier molecular flexibility index (Phi) is 3.94. The van der Waals surface area contributed by atoms with Gasteiger partial charge < -0.3 is 5.32 Å². The van der Waals surface area contributed by atoms with E-state index in [-0.39, 0.29) is 0 Å². The molecule has 6 heteroatoms. The second-order valence-corrected chi connectivity index (χ2v) is 7.20. The van der Waals surface area contributed by atoms with Gasteiger partial charge >= 0.3 is 0 Å². The molecule has 0 fully saturated rings. The summed E-state index contributed by atoms with van der Waals surface area (Å²) < 4.78 is 0. The highest BCUT2D eigenvalue weighted by atomic mass is 35.5. The van der Waals surface area contributed by atoms with Crippen LogP contribution in [0.4, 0.5) is 5.82 Å². The van der Waals surface area contributed by atoms with Crippen molar-refractivity contribution in [2.24, 2.45) is 0 Å². The molecule has 29 heavy (non-hydrogen) atoms. The first-order valence-electron chi connectivity index (χ1n) is 8.95. The van der Waals surface area contributed by atoms with Crippen molar-refractivity contribution >= 4 is 34.4 Å². The summed E-state index contributed by atoms with van der Waals surface area (Å²) >= 11 is 6.49. The van der Waals surface area contributed by atoms with Gasteiger partial charge in [0.2, 0.25) is 0 Å². The molecule has 5 rings (SSSR count). The summed E-state index contributed by atoms with van der Waals surface area (Å²) in [6, 6.07) is 15.6. The predicted molar refractivity (Wildman–Crippen MR) is 116 cm³/mol. The molecule has 1 aliphatic heterocycles. The topological polar surface area (TPSA) is 77.4 Å². The van der Waals surface area contributed by atoms with Crippen LogP contribution in [0.5, 0.6) is 0 Å². The van der Waals surface area contributed by atoms with Crippen LogP contribution in [0.15, 0.2) is 67.0 Å². The molecular weight excluding hydrogens is 382 g/mol. The Balaban J connectivity index is 1.80. The van der Waals surface area contributed by atoms with Crippen molar-refractivity contribution in [2.45, 2.75) is 0 Å². The highest BCUT2D eigenvalue weighted by molar-refractivity contribution is 6.35. The monoisotopic (exact) mass is 395 g/mol. The lowest BCUT2D eigenvalue weighted by Crippen LogP contribution is -2.06. The van der Waals surface area contributed by atoms with Gasteiger partial charge in [-0.05, 0) is 48.0 Å². The first kappa shape index (κ1) is 17.2. The van der Waals surface area contributed by atoms with Crippen LogP contribution in [-0.4, -0.2) is 15.2 Å². The SMILES string of the molecule is C=C1C=Cc2cc(-c3cc(Cl)c4[nH]ncc4c3)c(-c3cccc(C#N)c3)nc2N1. The molecule has 138 valence electrons. The van der Waals surface area contributed by atoms with Crippen molar-refractivity contribution in [2.75, 3.05) is 5.32 Å². The molecule has 0 radical (unpaired) electrons. The average Bonchev–Trinajstić information content (AvgIpc) is 3.22. The van der Waals surface area contributed by atoms with Gasteiger partial charge in [0.25, 0.3) is 0 Å². The summed E-state index contributed by atoms with van der Waals surface area (Å²) in [5.41, 5.74) is 6.56. The van der Waals surface area contributed by atoms with E-state index in [2.05, 4.69) is 34.2 Å². The first-order valence-corrected chi connectivity index (χ1v) is 9.33. The normalized spacial score (nSPS) is 12.5. The molecule has 0 aliphatic carbocycles. The lowest BCUT2D eigenvalue weighted by atomic mass is 9.95. The van der Waals surface area contributed by atoms with Gasteiger partial charge in [0.1, 0.15) is 5.82 Å². The van der Waals surface area contributed by atoms with E-state index in [1.165, 1.54) is 0 Å². The third-order valence-corrected chi connectivity index (χ3v) is 5.17. The zero-order valence-electron chi connectivity index (χ0n) is 15.2. The largest absolute Gasteiger partial charge is 0.340 e. The van der Waals surface area contributed by atoms with E-state index in [4.69, 9.17) is 16.6 Å². The molecule has 2 N–H and O–H groups in total. The second-order valence-electron chi connectivity index (χ2n) is 6.79. The Bertz CT molecular complexity index is 1370. The van der Waals surface area contributed by atoms with Crippen LogP contribution in [-0.2, 0) is 0 Å². The molecule has 0 atom stereocenters. The van der Waals surface area contributed by atoms with Crippen molar-refractivity contribution in [3.8, 4) is 28.5 Å². The van der Waals surface area contributed by atoms with E-state index >= 15 is 0 Å². The number of H-pyrrole nitrogens is 1. The van der Waals surface area contributed by atoms with E-state index in [9.17, 15) is 5.26 Å². The number of rotatable bonds is 2. The van der Waals surface area contributed by atoms with Crippen molar-refractivity contribution in [3.63, 3.8) is 0 Å². The Morgan fingerprint density at radius 3 is 2.83 bits per heavy atom. The number of anilines is 1. The van der Waals surface area contributed by atoms with Crippen molar-refractivity contribution in [1.29, 1.82) is 5.26 Å². The van der Waals surface area contributed by atoms with E-state index < -0.39 is 0 Å². The fraction of sp³-hybridized carbons (Fsp3) is 0. The van der Waals surface area contributed by atoms with Crippen LogP contribution in [0, 0.1) is 11.3 Å². The van der Waals surface area contributed by atoms with Gasteiger partial charge in [-0.15, -0.1) is 0 Å². The molecule has 0 spiro atoms. The minimum absolute atomic E-state index is 0.577. The maximum atomic E-state index is 9.32. The van der Waals surface area contributed by atoms with Gasteiger partial charge in [-0.1, -0.05) is 30.3 Å².